The topological polar surface area (TPSA) is 79.3 Å². The second-order valence-corrected chi connectivity index (χ2v) is 8.90. The molecule has 0 bridgehead atoms. The molecule has 3 aromatic rings. The van der Waals surface area contributed by atoms with Crippen LogP contribution in [0, 0.1) is 5.92 Å². The molecular weight excluding hydrogens is 457 g/mol. The summed E-state index contributed by atoms with van der Waals surface area (Å²) in [5.74, 6) is -0.685. The zero-order valence-corrected chi connectivity index (χ0v) is 18.9. The molecule has 1 aliphatic rings. The highest BCUT2D eigenvalue weighted by Crippen LogP contribution is 2.37. The van der Waals surface area contributed by atoms with Crippen LogP contribution < -0.4 is 5.32 Å². The smallest absolute Gasteiger partial charge is 0.416 e. The van der Waals surface area contributed by atoms with E-state index in [1.54, 1.807) is 12.1 Å². The number of anilines is 1. The lowest BCUT2D eigenvalue weighted by molar-refractivity contribution is -0.139. The molecule has 4 rings (SSSR count). The van der Waals surface area contributed by atoms with Crippen molar-refractivity contribution in [3.05, 3.63) is 83.6 Å². The fourth-order valence-corrected chi connectivity index (χ4v) is 4.55. The molecule has 1 saturated carbocycles. The zero-order chi connectivity index (χ0) is 25.0. The first-order chi connectivity index (χ1) is 16.7. The fourth-order valence-electron chi connectivity index (χ4n) is 4.55. The maximum absolute atomic E-state index is 12.9. The summed E-state index contributed by atoms with van der Waals surface area (Å²) in [7, 11) is 0. The molecule has 0 spiro atoms. The van der Waals surface area contributed by atoms with E-state index in [1.807, 2.05) is 12.1 Å². The van der Waals surface area contributed by atoms with Crippen molar-refractivity contribution in [1.29, 1.82) is 0 Å². The number of nitrogens with zero attached hydrogens (tertiary/aromatic N) is 1. The van der Waals surface area contributed by atoms with Crippen LogP contribution in [0.3, 0.4) is 0 Å². The van der Waals surface area contributed by atoms with Crippen LogP contribution in [0.5, 0.6) is 0 Å². The predicted molar refractivity (Wildman–Crippen MR) is 126 cm³/mol. The molecule has 1 amide bonds. The highest BCUT2D eigenvalue weighted by Gasteiger charge is 2.31. The van der Waals surface area contributed by atoms with Crippen LogP contribution in [0.2, 0.25) is 0 Å². The highest BCUT2D eigenvalue weighted by molar-refractivity contribution is 6.04. The van der Waals surface area contributed by atoms with Crippen LogP contribution in [0.25, 0.3) is 11.3 Å². The molecule has 0 radical (unpaired) electrons. The number of pyridine rings is 1. The Hall–Kier alpha value is -3.68. The van der Waals surface area contributed by atoms with Gasteiger partial charge in [0.25, 0.3) is 5.91 Å². The van der Waals surface area contributed by atoms with E-state index in [0.717, 1.165) is 43.4 Å². The molecule has 1 aromatic heterocycles. The van der Waals surface area contributed by atoms with E-state index in [0.29, 0.717) is 17.3 Å². The Balaban J connectivity index is 1.37. The van der Waals surface area contributed by atoms with Crippen molar-refractivity contribution in [3.63, 3.8) is 0 Å². The van der Waals surface area contributed by atoms with E-state index >= 15 is 0 Å². The van der Waals surface area contributed by atoms with E-state index < -0.39 is 23.6 Å². The van der Waals surface area contributed by atoms with Gasteiger partial charge in [0.05, 0.1) is 23.1 Å². The van der Waals surface area contributed by atoms with Gasteiger partial charge in [0.15, 0.2) is 0 Å². The SMILES string of the molecule is O=C(O)CC1CCC(c2ccc(-c3ccc(NC(=O)c4cccc(C(F)(F)F)c4)cn3)cc2)CC1. The van der Waals surface area contributed by atoms with Crippen molar-refractivity contribution >= 4 is 17.6 Å². The number of nitrogens with one attached hydrogen (secondary N) is 1. The second-order valence-electron chi connectivity index (χ2n) is 8.90. The fraction of sp³-hybridized carbons (Fsp3) is 0.296. The van der Waals surface area contributed by atoms with Gasteiger partial charge < -0.3 is 10.4 Å². The largest absolute Gasteiger partial charge is 0.481 e. The summed E-state index contributed by atoms with van der Waals surface area (Å²) in [5, 5.41) is 11.5. The minimum Gasteiger partial charge on any atom is -0.481 e. The van der Waals surface area contributed by atoms with Crippen LogP contribution in [0.1, 0.15) is 59.5 Å². The van der Waals surface area contributed by atoms with Crippen molar-refractivity contribution in [2.24, 2.45) is 5.92 Å². The van der Waals surface area contributed by atoms with Gasteiger partial charge in [-0.15, -0.1) is 0 Å². The molecule has 35 heavy (non-hydrogen) atoms. The highest BCUT2D eigenvalue weighted by atomic mass is 19.4. The lowest BCUT2D eigenvalue weighted by Gasteiger charge is -2.28. The molecule has 1 fully saturated rings. The van der Waals surface area contributed by atoms with Crippen molar-refractivity contribution in [1.82, 2.24) is 4.98 Å². The standard InChI is InChI=1S/C27H25F3N2O3/c28-27(29,30)22-3-1-2-21(15-22)26(35)32-23-12-13-24(31-16-23)20-10-8-19(9-11-20)18-6-4-17(5-7-18)14-25(33)34/h1-3,8-13,15-18H,4-7,14H2,(H,32,35)(H,33,34). The minimum atomic E-state index is -4.52. The summed E-state index contributed by atoms with van der Waals surface area (Å²) in [6.45, 7) is 0. The number of rotatable bonds is 6. The van der Waals surface area contributed by atoms with Crippen molar-refractivity contribution in [2.75, 3.05) is 5.32 Å². The van der Waals surface area contributed by atoms with Gasteiger partial charge in [0.1, 0.15) is 0 Å². The molecule has 0 saturated heterocycles. The Morgan fingerprint density at radius 1 is 0.971 bits per heavy atom. The van der Waals surface area contributed by atoms with Crippen LogP contribution in [0.15, 0.2) is 66.9 Å². The molecule has 2 aromatic carbocycles. The quantitative estimate of drug-likeness (QED) is 0.406. The number of hydrogen-bond donors (Lipinski definition) is 2. The first-order valence-electron chi connectivity index (χ1n) is 11.5. The minimum absolute atomic E-state index is 0.0866. The lowest BCUT2D eigenvalue weighted by Crippen LogP contribution is -2.16. The maximum atomic E-state index is 12.9. The second kappa shape index (κ2) is 10.3. The van der Waals surface area contributed by atoms with Gasteiger partial charge in [-0.1, -0.05) is 30.3 Å². The van der Waals surface area contributed by atoms with E-state index in [4.69, 9.17) is 5.11 Å². The van der Waals surface area contributed by atoms with Crippen molar-refractivity contribution in [2.45, 2.75) is 44.2 Å². The summed E-state index contributed by atoms with van der Waals surface area (Å²) >= 11 is 0. The number of carbonyl (C=O) groups excluding carboxylic acids is 1. The molecule has 1 aliphatic carbocycles. The van der Waals surface area contributed by atoms with Gasteiger partial charge in [0.2, 0.25) is 0 Å². The Kier molecular flexibility index (Phi) is 7.19. The first kappa shape index (κ1) is 24.4. The van der Waals surface area contributed by atoms with E-state index in [9.17, 15) is 22.8 Å². The number of hydrogen-bond acceptors (Lipinski definition) is 3. The Labute approximate surface area is 201 Å². The third-order valence-corrected chi connectivity index (χ3v) is 6.46. The number of carbonyl (C=O) groups is 2. The van der Waals surface area contributed by atoms with E-state index in [2.05, 4.69) is 22.4 Å². The molecule has 182 valence electrons. The van der Waals surface area contributed by atoms with Gasteiger partial charge in [-0.25, -0.2) is 0 Å². The molecule has 0 atom stereocenters. The molecule has 5 nitrogen and oxygen atoms in total. The van der Waals surface area contributed by atoms with E-state index in [1.165, 1.54) is 23.9 Å². The van der Waals surface area contributed by atoms with Gasteiger partial charge >= 0.3 is 12.1 Å². The number of amides is 1. The van der Waals surface area contributed by atoms with E-state index in [-0.39, 0.29) is 17.9 Å². The van der Waals surface area contributed by atoms with Crippen molar-refractivity contribution in [3.8, 4) is 11.3 Å². The number of carboxylic acid groups (broad SMARTS) is 1. The van der Waals surface area contributed by atoms with Crippen LogP contribution in [0.4, 0.5) is 18.9 Å². The van der Waals surface area contributed by atoms with Gasteiger partial charge in [0, 0.05) is 17.5 Å². The number of benzene rings is 2. The van der Waals surface area contributed by atoms with Gasteiger partial charge in [-0.2, -0.15) is 13.2 Å². The number of carboxylic acids is 1. The Morgan fingerprint density at radius 3 is 2.29 bits per heavy atom. The molecule has 0 unspecified atom stereocenters. The summed E-state index contributed by atoms with van der Waals surface area (Å²) in [6.07, 6.45) is 1.01. The number of aromatic nitrogens is 1. The van der Waals surface area contributed by atoms with Gasteiger partial charge in [-0.05, 0) is 73.4 Å². The summed E-state index contributed by atoms with van der Waals surface area (Å²) in [5.41, 5.74) is 2.26. The normalized spacial score (nSPS) is 18.1. The first-order valence-corrected chi connectivity index (χ1v) is 11.5. The molecule has 1 heterocycles. The number of aliphatic carboxylic acids is 1. The van der Waals surface area contributed by atoms with Gasteiger partial charge in [-0.3, -0.25) is 14.6 Å². The number of halogens is 3. The van der Waals surface area contributed by atoms with Crippen LogP contribution in [-0.2, 0) is 11.0 Å². The average Bonchev–Trinajstić information content (AvgIpc) is 2.84. The molecular formula is C27H25F3N2O3. The third kappa shape index (κ3) is 6.26. The summed E-state index contributed by atoms with van der Waals surface area (Å²) in [6, 6.07) is 15.8. The maximum Gasteiger partial charge on any atom is 0.416 e. The Morgan fingerprint density at radius 2 is 1.69 bits per heavy atom. The van der Waals surface area contributed by atoms with Crippen LogP contribution in [-0.4, -0.2) is 22.0 Å². The third-order valence-electron chi connectivity index (χ3n) is 6.46. The summed E-state index contributed by atoms with van der Waals surface area (Å²) in [4.78, 5) is 27.7. The number of alkyl halides is 3. The predicted octanol–water partition coefficient (Wildman–Crippen LogP) is 6.77. The molecule has 0 aliphatic heterocycles. The lowest BCUT2D eigenvalue weighted by atomic mass is 9.77. The van der Waals surface area contributed by atoms with Crippen molar-refractivity contribution < 1.29 is 27.9 Å². The molecule has 2 N–H and O–H groups in total. The zero-order valence-electron chi connectivity index (χ0n) is 18.9. The Bertz CT molecular complexity index is 1180. The molecule has 8 heteroatoms. The monoisotopic (exact) mass is 482 g/mol. The van der Waals surface area contributed by atoms with Crippen LogP contribution >= 0.6 is 0 Å². The average molecular weight is 483 g/mol. The summed E-state index contributed by atoms with van der Waals surface area (Å²) < 4.78 is 38.7.